The van der Waals surface area contributed by atoms with Gasteiger partial charge in [0.25, 0.3) is 0 Å². The molecule has 1 N–H and O–H groups in total. The van der Waals surface area contributed by atoms with Crippen LogP contribution in [-0.4, -0.2) is 10.6 Å². The molecule has 15 heavy (non-hydrogen) atoms. The second-order valence-corrected chi connectivity index (χ2v) is 4.47. The molecular formula is C13H16N2. The Balaban J connectivity index is 1.86. The van der Waals surface area contributed by atoms with E-state index in [0.29, 0.717) is 0 Å². The van der Waals surface area contributed by atoms with Gasteiger partial charge in [-0.15, -0.1) is 0 Å². The van der Waals surface area contributed by atoms with Gasteiger partial charge in [0, 0.05) is 31.3 Å². The highest BCUT2D eigenvalue weighted by Gasteiger charge is 2.19. The van der Waals surface area contributed by atoms with Crippen molar-refractivity contribution in [3.63, 3.8) is 0 Å². The minimum absolute atomic E-state index is 0.786. The third kappa shape index (κ3) is 1.77. The summed E-state index contributed by atoms with van der Waals surface area (Å²) in [7, 11) is 2.10. The smallest absolute Gasteiger partial charge is 0.0480 e. The van der Waals surface area contributed by atoms with Crippen LogP contribution in [0.15, 0.2) is 30.5 Å². The lowest BCUT2D eigenvalue weighted by Gasteiger charge is -2.04. The normalized spacial score (nSPS) is 16.1. The Morgan fingerprint density at radius 3 is 3.00 bits per heavy atom. The van der Waals surface area contributed by atoms with Crippen molar-refractivity contribution in [2.45, 2.75) is 25.4 Å². The summed E-state index contributed by atoms with van der Waals surface area (Å²) in [4.78, 5) is 0. The third-order valence-corrected chi connectivity index (χ3v) is 3.12. The van der Waals surface area contributed by atoms with Crippen LogP contribution in [-0.2, 0) is 13.6 Å². The minimum atomic E-state index is 0.786. The van der Waals surface area contributed by atoms with Gasteiger partial charge in [0.05, 0.1) is 0 Å². The van der Waals surface area contributed by atoms with Crippen molar-refractivity contribution in [3.8, 4) is 0 Å². The number of hydrogen-bond donors (Lipinski definition) is 1. The van der Waals surface area contributed by atoms with Crippen molar-refractivity contribution < 1.29 is 0 Å². The van der Waals surface area contributed by atoms with Gasteiger partial charge in [0.1, 0.15) is 0 Å². The zero-order chi connectivity index (χ0) is 10.3. The number of nitrogens with one attached hydrogen (secondary N) is 1. The van der Waals surface area contributed by atoms with Crippen LogP contribution >= 0.6 is 0 Å². The molecule has 78 valence electrons. The maximum atomic E-state index is 3.54. The standard InChI is InChI=1S/C13H16N2/c1-15-7-6-11-3-2-10(8-13(11)15)9-14-12-4-5-12/h2-3,6-8,12,14H,4-5,9H2,1H3. The Morgan fingerprint density at radius 1 is 1.33 bits per heavy atom. The molecule has 1 fully saturated rings. The molecule has 0 atom stereocenters. The summed E-state index contributed by atoms with van der Waals surface area (Å²) < 4.78 is 2.18. The Hall–Kier alpha value is -1.28. The Morgan fingerprint density at radius 2 is 2.20 bits per heavy atom. The van der Waals surface area contributed by atoms with E-state index in [1.165, 1.54) is 29.3 Å². The predicted molar refractivity (Wildman–Crippen MR) is 62.8 cm³/mol. The fourth-order valence-electron chi connectivity index (χ4n) is 1.97. The molecular weight excluding hydrogens is 184 g/mol. The van der Waals surface area contributed by atoms with E-state index in [0.717, 1.165) is 12.6 Å². The molecule has 1 saturated carbocycles. The van der Waals surface area contributed by atoms with Crippen LogP contribution in [0.5, 0.6) is 0 Å². The predicted octanol–water partition coefficient (Wildman–Crippen LogP) is 2.43. The first-order valence-electron chi connectivity index (χ1n) is 5.60. The van der Waals surface area contributed by atoms with Crippen LogP contribution in [0, 0.1) is 0 Å². The van der Waals surface area contributed by atoms with E-state index >= 15 is 0 Å². The maximum absolute atomic E-state index is 3.54. The fraction of sp³-hybridized carbons (Fsp3) is 0.385. The SMILES string of the molecule is Cn1ccc2ccc(CNC3CC3)cc21. The lowest BCUT2D eigenvalue weighted by molar-refractivity contribution is 0.688. The summed E-state index contributed by atoms with van der Waals surface area (Å²) in [6.45, 7) is 1.01. The summed E-state index contributed by atoms with van der Waals surface area (Å²) in [5, 5.41) is 4.87. The van der Waals surface area contributed by atoms with Gasteiger partial charge < -0.3 is 9.88 Å². The van der Waals surface area contributed by atoms with E-state index in [1.807, 2.05) is 0 Å². The third-order valence-electron chi connectivity index (χ3n) is 3.12. The number of aromatic nitrogens is 1. The van der Waals surface area contributed by atoms with Gasteiger partial charge in [-0.2, -0.15) is 0 Å². The minimum Gasteiger partial charge on any atom is -0.351 e. The number of nitrogens with zero attached hydrogens (tertiary/aromatic N) is 1. The van der Waals surface area contributed by atoms with Gasteiger partial charge >= 0.3 is 0 Å². The molecule has 0 radical (unpaired) electrons. The molecule has 0 bridgehead atoms. The van der Waals surface area contributed by atoms with Crippen LogP contribution in [0.3, 0.4) is 0 Å². The van der Waals surface area contributed by atoms with Crippen molar-refractivity contribution in [1.82, 2.24) is 9.88 Å². The van der Waals surface area contributed by atoms with Gasteiger partial charge in [0.2, 0.25) is 0 Å². The number of fused-ring (bicyclic) bond motifs is 1. The van der Waals surface area contributed by atoms with Crippen LogP contribution < -0.4 is 5.32 Å². The van der Waals surface area contributed by atoms with E-state index in [2.05, 4.69) is 47.4 Å². The number of rotatable bonds is 3. The second kappa shape index (κ2) is 3.38. The molecule has 1 heterocycles. The van der Waals surface area contributed by atoms with E-state index in [-0.39, 0.29) is 0 Å². The molecule has 1 aromatic carbocycles. The molecule has 3 rings (SSSR count). The van der Waals surface area contributed by atoms with Crippen LogP contribution in [0.25, 0.3) is 10.9 Å². The molecule has 0 amide bonds. The molecule has 1 aliphatic rings. The van der Waals surface area contributed by atoms with Gasteiger partial charge in [-0.3, -0.25) is 0 Å². The first-order valence-corrected chi connectivity index (χ1v) is 5.60. The topological polar surface area (TPSA) is 17.0 Å². The Labute approximate surface area is 89.9 Å². The van der Waals surface area contributed by atoms with Crippen LogP contribution in [0.2, 0.25) is 0 Å². The molecule has 2 aromatic rings. The maximum Gasteiger partial charge on any atom is 0.0480 e. The van der Waals surface area contributed by atoms with Gasteiger partial charge in [-0.1, -0.05) is 12.1 Å². The second-order valence-electron chi connectivity index (χ2n) is 4.47. The highest BCUT2D eigenvalue weighted by Crippen LogP contribution is 2.20. The summed E-state index contributed by atoms with van der Waals surface area (Å²) in [5.74, 6) is 0. The van der Waals surface area contributed by atoms with Crippen molar-refractivity contribution in [2.75, 3.05) is 0 Å². The Kier molecular flexibility index (Phi) is 2.03. The van der Waals surface area contributed by atoms with Gasteiger partial charge in [-0.05, 0) is 35.9 Å². The number of hydrogen-bond acceptors (Lipinski definition) is 1. The lowest BCUT2D eigenvalue weighted by Crippen LogP contribution is -2.15. The summed E-state index contributed by atoms with van der Waals surface area (Å²) in [5.41, 5.74) is 2.71. The van der Waals surface area contributed by atoms with Crippen molar-refractivity contribution in [2.24, 2.45) is 7.05 Å². The molecule has 0 saturated heterocycles. The monoisotopic (exact) mass is 200 g/mol. The van der Waals surface area contributed by atoms with E-state index in [1.54, 1.807) is 0 Å². The quantitative estimate of drug-likeness (QED) is 0.805. The lowest BCUT2D eigenvalue weighted by atomic mass is 10.1. The molecule has 0 unspecified atom stereocenters. The fourth-order valence-corrected chi connectivity index (χ4v) is 1.97. The zero-order valence-electron chi connectivity index (χ0n) is 9.03. The summed E-state index contributed by atoms with van der Waals surface area (Å²) in [6, 6.07) is 9.66. The van der Waals surface area contributed by atoms with E-state index in [4.69, 9.17) is 0 Å². The highest BCUT2D eigenvalue weighted by molar-refractivity contribution is 5.80. The summed E-state index contributed by atoms with van der Waals surface area (Å²) in [6.07, 6.45) is 4.82. The molecule has 0 aliphatic heterocycles. The van der Waals surface area contributed by atoms with Crippen molar-refractivity contribution in [3.05, 3.63) is 36.0 Å². The van der Waals surface area contributed by atoms with Crippen molar-refractivity contribution in [1.29, 1.82) is 0 Å². The highest BCUT2D eigenvalue weighted by atomic mass is 14.9. The zero-order valence-corrected chi connectivity index (χ0v) is 9.03. The number of benzene rings is 1. The molecule has 2 nitrogen and oxygen atoms in total. The Bertz CT molecular complexity index is 480. The largest absolute Gasteiger partial charge is 0.351 e. The van der Waals surface area contributed by atoms with Gasteiger partial charge in [-0.25, -0.2) is 0 Å². The molecule has 0 spiro atoms. The molecule has 1 aliphatic carbocycles. The van der Waals surface area contributed by atoms with E-state index in [9.17, 15) is 0 Å². The summed E-state index contributed by atoms with van der Waals surface area (Å²) >= 11 is 0. The molecule has 1 aromatic heterocycles. The molecule has 2 heteroatoms. The van der Waals surface area contributed by atoms with E-state index < -0.39 is 0 Å². The van der Waals surface area contributed by atoms with Crippen LogP contribution in [0.1, 0.15) is 18.4 Å². The van der Waals surface area contributed by atoms with Crippen molar-refractivity contribution >= 4 is 10.9 Å². The van der Waals surface area contributed by atoms with Gasteiger partial charge in [0.15, 0.2) is 0 Å². The number of aryl methyl sites for hydroxylation is 1. The van der Waals surface area contributed by atoms with Crippen LogP contribution in [0.4, 0.5) is 0 Å². The average molecular weight is 200 g/mol. The first kappa shape index (κ1) is 8.98. The first-order chi connectivity index (χ1) is 7.33. The average Bonchev–Trinajstić information content (AvgIpc) is 3.02.